The first-order valence-corrected chi connectivity index (χ1v) is 10.5. The van der Waals surface area contributed by atoms with Crippen LogP contribution < -0.4 is 10.4 Å². The Morgan fingerprint density at radius 3 is 2.62 bits per heavy atom. The van der Waals surface area contributed by atoms with E-state index >= 15 is 0 Å². The number of fused-ring (bicyclic) bond motifs is 1. The third kappa shape index (κ3) is 3.55. The molecule has 29 heavy (non-hydrogen) atoms. The van der Waals surface area contributed by atoms with Crippen molar-refractivity contribution in [1.82, 2.24) is 19.7 Å². The van der Waals surface area contributed by atoms with Crippen LogP contribution in [0.1, 0.15) is 58.2 Å². The first-order chi connectivity index (χ1) is 14.0. The van der Waals surface area contributed by atoms with E-state index in [9.17, 15) is 5.11 Å². The second-order valence-electron chi connectivity index (χ2n) is 8.31. The summed E-state index contributed by atoms with van der Waals surface area (Å²) in [5, 5.41) is 17.8. The average Bonchev–Trinajstić information content (AvgIpc) is 3.35. The summed E-state index contributed by atoms with van der Waals surface area (Å²) in [6.07, 6.45) is 2.03. The van der Waals surface area contributed by atoms with Crippen molar-refractivity contribution in [3.63, 3.8) is 0 Å². The van der Waals surface area contributed by atoms with Crippen LogP contribution in [-0.4, -0.2) is 44.0 Å². The fourth-order valence-electron chi connectivity index (χ4n) is 4.14. The largest absolute Gasteiger partial charge is 0.394 e. The molecule has 2 aromatic heterocycles. The fourth-order valence-corrected chi connectivity index (χ4v) is 4.14. The molecule has 3 heterocycles. The zero-order valence-corrected chi connectivity index (χ0v) is 17.6. The number of anilines is 1. The zero-order valence-electron chi connectivity index (χ0n) is 17.6. The summed E-state index contributed by atoms with van der Waals surface area (Å²) in [5.74, 6) is 1.15. The lowest BCUT2D eigenvalue weighted by Gasteiger charge is -2.29. The molecule has 2 N–H and O–H groups in total. The molecular formula is C22H30N6O. The molecule has 0 bridgehead atoms. The number of para-hydroxylation sites is 1. The molecular weight excluding hydrogens is 364 g/mol. The van der Waals surface area contributed by atoms with Crippen molar-refractivity contribution in [3.05, 3.63) is 41.5 Å². The van der Waals surface area contributed by atoms with E-state index in [2.05, 4.69) is 47.4 Å². The van der Waals surface area contributed by atoms with Crippen LogP contribution in [0.15, 0.2) is 35.3 Å². The first kappa shape index (κ1) is 19.6. The third-order valence-electron chi connectivity index (χ3n) is 5.57. The van der Waals surface area contributed by atoms with E-state index in [0.29, 0.717) is 5.49 Å². The fraction of sp³-hybridized carbons (Fsp3) is 0.500. The van der Waals surface area contributed by atoms with Crippen LogP contribution in [0.5, 0.6) is 0 Å². The average molecular weight is 395 g/mol. The standard InChI is InChI=1S/C22H30N6O/c1-14(2)18-20-19(26-25-18)21(23-16-9-6-5-7-10-16)24-22(28(20)15(3)4)27-12-8-11-17(27)13-29/h5-7,9-10,14-15,17,29H,8,11-13H2,1-4H3,(H,25,26). The Morgan fingerprint density at radius 2 is 1.97 bits per heavy atom. The molecule has 3 aromatic rings. The lowest BCUT2D eigenvalue weighted by Crippen LogP contribution is -2.37. The molecule has 154 valence electrons. The number of aliphatic hydroxyl groups is 1. The van der Waals surface area contributed by atoms with E-state index < -0.39 is 0 Å². The molecule has 1 saturated heterocycles. The van der Waals surface area contributed by atoms with Crippen molar-refractivity contribution in [2.24, 2.45) is 4.99 Å². The molecule has 1 aromatic carbocycles. The first-order valence-electron chi connectivity index (χ1n) is 10.5. The SMILES string of the molecule is CC(C)c1[nH]nc2c(=Nc3ccccc3)nc(N3CCCC3CO)n(C(C)C)c12. The van der Waals surface area contributed by atoms with Gasteiger partial charge in [-0.05, 0) is 44.7 Å². The number of nitrogens with zero attached hydrogens (tertiary/aromatic N) is 5. The normalized spacial score (nSPS) is 18.0. The van der Waals surface area contributed by atoms with Gasteiger partial charge in [-0.2, -0.15) is 10.1 Å². The molecule has 1 unspecified atom stereocenters. The van der Waals surface area contributed by atoms with Crippen molar-refractivity contribution in [3.8, 4) is 0 Å². The van der Waals surface area contributed by atoms with Gasteiger partial charge in [-0.1, -0.05) is 32.0 Å². The van der Waals surface area contributed by atoms with E-state index in [0.717, 1.165) is 47.7 Å². The highest BCUT2D eigenvalue weighted by Gasteiger charge is 2.30. The van der Waals surface area contributed by atoms with Gasteiger partial charge in [0.1, 0.15) is 0 Å². The smallest absolute Gasteiger partial charge is 0.208 e. The quantitative estimate of drug-likeness (QED) is 0.692. The molecule has 0 saturated carbocycles. The molecule has 7 heteroatoms. The molecule has 1 aliphatic heterocycles. The Hall–Kier alpha value is -2.67. The minimum Gasteiger partial charge on any atom is -0.394 e. The molecule has 7 nitrogen and oxygen atoms in total. The van der Waals surface area contributed by atoms with Gasteiger partial charge in [0.15, 0.2) is 11.0 Å². The maximum atomic E-state index is 9.93. The van der Waals surface area contributed by atoms with Crippen LogP contribution in [0.2, 0.25) is 0 Å². The van der Waals surface area contributed by atoms with Crippen molar-refractivity contribution >= 4 is 22.7 Å². The Labute approximate surface area is 171 Å². The molecule has 1 atom stereocenters. The summed E-state index contributed by atoms with van der Waals surface area (Å²) in [4.78, 5) is 12.1. The number of hydrogen-bond acceptors (Lipinski definition) is 5. The summed E-state index contributed by atoms with van der Waals surface area (Å²) in [6.45, 7) is 9.68. The lowest BCUT2D eigenvalue weighted by molar-refractivity contribution is 0.265. The number of hydrogen-bond donors (Lipinski definition) is 2. The van der Waals surface area contributed by atoms with Crippen molar-refractivity contribution in [2.75, 3.05) is 18.1 Å². The van der Waals surface area contributed by atoms with E-state index in [4.69, 9.17) is 9.98 Å². The zero-order chi connectivity index (χ0) is 20.5. The molecule has 4 rings (SSSR count). The van der Waals surface area contributed by atoms with Crippen LogP contribution >= 0.6 is 0 Å². The molecule has 1 fully saturated rings. The van der Waals surface area contributed by atoms with Crippen LogP contribution in [0.3, 0.4) is 0 Å². The van der Waals surface area contributed by atoms with E-state index in [1.807, 2.05) is 30.3 Å². The second-order valence-corrected chi connectivity index (χ2v) is 8.31. The van der Waals surface area contributed by atoms with Crippen LogP contribution in [-0.2, 0) is 0 Å². The Kier molecular flexibility index (Phi) is 5.41. The van der Waals surface area contributed by atoms with E-state index in [1.54, 1.807) is 0 Å². The monoisotopic (exact) mass is 394 g/mol. The predicted octanol–water partition coefficient (Wildman–Crippen LogP) is 3.66. The minimum absolute atomic E-state index is 0.0870. The van der Waals surface area contributed by atoms with Gasteiger partial charge >= 0.3 is 0 Å². The summed E-state index contributed by atoms with van der Waals surface area (Å²) in [7, 11) is 0. The highest BCUT2D eigenvalue weighted by molar-refractivity contribution is 5.79. The maximum absolute atomic E-state index is 9.93. The second kappa shape index (κ2) is 7.99. The van der Waals surface area contributed by atoms with Gasteiger partial charge in [-0.3, -0.25) is 5.10 Å². The minimum atomic E-state index is 0.0870. The van der Waals surface area contributed by atoms with Crippen LogP contribution in [0.25, 0.3) is 11.0 Å². The lowest BCUT2D eigenvalue weighted by atomic mass is 10.1. The Morgan fingerprint density at radius 1 is 1.21 bits per heavy atom. The third-order valence-corrected chi connectivity index (χ3v) is 5.57. The van der Waals surface area contributed by atoms with Crippen LogP contribution in [0.4, 0.5) is 11.6 Å². The topological polar surface area (TPSA) is 82.3 Å². The molecule has 0 amide bonds. The maximum Gasteiger partial charge on any atom is 0.208 e. The number of H-pyrrole nitrogens is 1. The van der Waals surface area contributed by atoms with Crippen LogP contribution in [0, 0.1) is 0 Å². The number of aliphatic hydroxyl groups excluding tert-OH is 1. The van der Waals surface area contributed by atoms with Crippen molar-refractivity contribution in [2.45, 2.75) is 58.5 Å². The highest BCUT2D eigenvalue weighted by atomic mass is 16.3. The van der Waals surface area contributed by atoms with E-state index in [1.165, 1.54) is 0 Å². The summed E-state index contributed by atoms with van der Waals surface area (Å²) >= 11 is 0. The molecule has 0 spiro atoms. The van der Waals surface area contributed by atoms with Crippen molar-refractivity contribution in [1.29, 1.82) is 0 Å². The predicted molar refractivity (Wildman–Crippen MR) is 115 cm³/mol. The Balaban J connectivity index is 2.06. The summed E-state index contributed by atoms with van der Waals surface area (Å²) < 4.78 is 2.26. The Bertz CT molecular complexity index is 1050. The van der Waals surface area contributed by atoms with Crippen molar-refractivity contribution < 1.29 is 5.11 Å². The number of benzene rings is 1. The number of aromatic amines is 1. The number of aromatic nitrogens is 4. The van der Waals surface area contributed by atoms with E-state index in [-0.39, 0.29) is 24.6 Å². The molecule has 0 radical (unpaired) electrons. The summed E-state index contributed by atoms with van der Waals surface area (Å²) in [5.41, 5.74) is 4.39. The van der Waals surface area contributed by atoms with Gasteiger partial charge in [0, 0.05) is 12.6 Å². The van der Waals surface area contributed by atoms with Gasteiger partial charge in [0.25, 0.3) is 0 Å². The van der Waals surface area contributed by atoms with Gasteiger partial charge in [0.05, 0.1) is 29.5 Å². The number of rotatable bonds is 5. The molecule has 0 aliphatic carbocycles. The summed E-state index contributed by atoms with van der Waals surface area (Å²) in [6, 6.07) is 10.1. The van der Waals surface area contributed by atoms with Gasteiger partial charge in [-0.15, -0.1) is 0 Å². The van der Waals surface area contributed by atoms with Gasteiger partial charge < -0.3 is 14.6 Å². The highest BCUT2D eigenvalue weighted by Crippen LogP contribution is 2.31. The van der Waals surface area contributed by atoms with Gasteiger partial charge in [0.2, 0.25) is 5.95 Å². The molecule has 1 aliphatic rings. The van der Waals surface area contributed by atoms with Gasteiger partial charge in [-0.25, -0.2) is 4.99 Å². The number of nitrogens with one attached hydrogen (secondary N) is 1.